The molecule has 0 radical (unpaired) electrons. The maximum absolute atomic E-state index is 11.1. The molecular formula is C13H17NO3S. The standard InChI is InChI=1S/C13H17NO3S/c15-18(16)8-13(9-18)17-12-3-1-2-10(6-12)11-4-5-14-7-11/h1-3,6,11,13-14H,4-5,7-9H2. The zero-order valence-electron chi connectivity index (χ0n) is 10.1. The summed E-state index contributed by atoms with van der Waals surface area (Å²) in [7, 11) is -2.81. The van der Waals surface area contributed by atoms with Crippen molar-refractivity contribution in [3.05, 3.63) is 29.8 Å². The highest BCUT2D eigenvalue weighted by atomic mass is 32.2. The first-order chi connectivity index (χ1) is 8.62. The van der Waals surface area contributed by atoms with E-state index >= 15 is 0 Å². The molecular weight excluding hydrogens is 250 g/mol. The van der Waals surface area contributed by atoms with E-state index in [1.807, 2.05) is 18.2 Å². The Hall–Kier alpha value is -1.07. The lowest BCUT2D eigenvalue weighted by atomic mass is 9.98. The van der Waals surface area contributed by atoms with Crippen LogP contribution in [0.4, 0.5) is 0 Å². The van der Waals surface area contributed by atoms with Crippen LogP contribution >= 0.6 is 0 Å². The Labute approximate surface area is 107 Å². The monoisotopic (exact) mass is 267 g/mol. The highest BCUT2D eigenvalue weighted by Crippen LogP contribution is 2.27. The highest BCUT2D eigenvalue weighted by molar-refractivity contribution is 7.92. The number of rotatable bonds is 3. The van der Waals surface area contributed by atoms with Crippen molar-refractivity contribution < 1.29 is 13.2 Å². The molecule has 0 amide bonds. The summed E-state index contributed by atoms with van der Waals surface area (Å²) in [4.78, 5) is 0. The molecule has 1 N–H and O–H groups in total. The quantitative estimate of drug-likeness (QED) is 0.885. The molecule has 1 atom stereocenters. The molecule has 0 saturated carbocycles. The van der Waals surface area contributed by atoms with Crippen LogP contribution < -0.4 is 10.1 Å². The maximum Gasteiger partial charge on any atom is 0.157 e. The predicted octanol–water partition coefficient (Wildman–Crippen LogP) is 0.939. The van der Waals surface area contributed by atoms with Gasteiger partial charge in [0.05, 0.1) is 11.5 Å². The molecule has 1 aromatic rings. The van der Waals surface area contributed by atoms with Crippen molar-refractivity contribution in [3.63, 3.8) is 0 Å². The molecule has 0 aromatic heterocycles. The van der Waals surface area contributed by atoms with Gasteiger partial charge in [-0.25, -0.2) is 8.42 Å². The van der Waals surface area contributed by atoms with Gasteiger partial charge in [0.2, 0.25) is 0 Å². The molecule has 5 heteroatoms. The smallest absolute Gasteiger partial charge is 0.157 e. The van der Waals surface area contributed by atoms with Gasteiger partial charge in [0, 0.05) is 6.54 Å². The fourth-order valence-electron chi connectivity index (χ4n) is 2.56. The molecule has 1 unspecified atom stereocenters. The van der Waals surface area contributed by atoms with Gasteiger partial charge >= 0.3 is 0 Å². The Bertz CT molecular complexity index is 523. The first-order valence-electron chi connectivity index (χ1n) is 6.30. The Morgan fingerprint density at radius 1 is 1.28 bits per heavy atom. The predicted molar refractivity (Wildman–Crippen MR) is 69.7 cm³/mol. The minimum atomic E-state index is -2.81. The van der Waals surface area contributed by atoms with Gasteiger partial charge in [0.15, 0.2) is 9.84 Å². The lowest BCUT2D eigenvalue weighted by Crippen LogP contribution is -2.45. The van der Waals surface area contributed by atoms with Crippen LogP contribution in [0.15, 0.2) is 24.3 Å². The van der Waals surface area contributed by atoms with E-state index in [9.17, 15) is 8.42 Å². The van der Waals surface area contributed by atoms with Crippen LogP contribution in [0.1, 0.15) is 17.9 Å². The van der Waals surface area contributed by atoms with Crippen molar-refractivity contribution in [3.8, 4) is 5.75 Å². The Morgan fingerprint density at radius 2 is 2.11 bits per heavy atom. The van der Waals surface area contributed by atoms with Crippen molar-refractivity contribution in [2.75, 3.05) is 24.6 Å². The van der Waals surface area contributed by atoms with Gasteiger partial charge in [-0.1, -0.05) is 12.1 Å². The summed E-state index contributed by atoms with van der Waals surface area (Å²) >= 11 is 0. The summed E-state index contributed by atoms with van der Waals surface area (Å²) in [5.41, 5.74) is 1.28. The third-order valence-corrected chi connectivity index (χ3v) is 5.33. The van der Waals surface area contributed by atoms with E-state index in [4.69, 9.17) is 4.74 Å². The Balaban J connectivity index is 1.67. The van der Waals surface area contributed by atoms with E-state index < -0.39 is 9.84 Å². The summed E-state index contributed by atoms with van der Waals surface area (Å²) in [5.74, 6) is 1.66. The summed E-state index contributed by atoms with van der Waals surface area (Å²) in [5, 5.41) is 3.34. The van der Waals surface area contributed by atoms with E-state index in [2.05, 4.69) is 11.4 Å². The molecule has 3 rings (SSSR count). The van der Waals surface area contributed by atoms with Gasteiger partial charge in [-0.2, -0.15) is 0 Å². The number of nitrogens with one attached hydrogen (secondary N) is 1. The molecule has 0 spiro atoms. The van der Waals surface area contributed by atoms with Gasteiger partial charge in [-0.15, -0.1) is 0 Å². The molecule has 4 nitrogen and oxygen atoms in total. The minimum absolute atomic E-state index is 0.155. The average Bonchev–Trinajstić information content (AvgIpc) is 2.80. The lowest BCUT2D eigenvalue weighted by Gasteiger charge is -2.26. The van der Waals surface area contributed by atoms with Gasteiger partial charge in [0.25, 0.3) is 0 Å². The van der Waals surface area contributed by atoms with Crippen molar-refractivity contribution >= 4 is 9.84 Å². The normalized spacial score (nSPS) is 26.8. The summed E-state index contributed by atoms with van der Waals surface area (Å²) in [6, 6.07) is 8.04. The van der Waals surface area contributed by atoms with Crippen molar-refractivity contribution in [1.29, 1.82) is 0 Å². The fourth-order valence-corrected chi connectivity index (χ4v) is 3.73. The van der Waals surface area contributed by atoms with Crippen LogP contribution in [0.25, 0.3) is 0 Å². The second-order valence-electron chi connectivity index (χ2n) is 5.08. The SMILES string of the molecule is O=S1(=O)CC(Oc2cccc(C3CCNC3)c2)C1. The molecule has 2 saturated heterocycles. The molecule has 2 aliphatic rings. The topological polar surface area (TPSA) is 55.4 Å². The second kappa shape index (κ2) is 4.55. The fraction of sp³-hybridized carbons (Fsp3) is 0.538. The minimum Gasteiger partial charge on any atom is -0.488 e. The van der Waals surface area contributed by atoms with Crippen molar-refractivity contribution in [1.82, 2.24) is 5.32 Å². The van der Waals surface area contributed by atoms with Gasteiger partial charge < -0.3 is 10.1 Å². The molecule has 2 aliphatic heterocycles. The average molecular weight is 267 g/mol. The van der Waals surface area contributed by atoms with E-state index in [-0.39, 0.29) is 17.6 Å². The number of ether oxygens (including phenoxy) is 1. The number of sulfone groups is 1. The Morgan fingerprint density at radius 3 is 2.78 bits per heavy atom. The van der Waals surface area contributed by atoms with Crippen LogP contribution in [0, 0.1) is 0 Å². The molecule has 2 heterocycles. The van der Waals surface area contributed by atoms with Crippen LogP contribution in [0.5, 0.6) is 5.75 Å². The molecule has 2 fully saturated rings. The largest absolute Gasteiger partial charge is 0.488 e. The molecule has 0 aliphatic carbocycles. The maximum atomic E-state index is 11.1. The lowest BCUT2D eigenvalue weighted by molar-refractivity contribution is 0.230. The molecule has 98 valence electrons. The zero-order chi connectivity index (χ0) is 12.6. The van der Waals surface area contributed by atoms with Crippen LogP contribution in [0.2, 0.25) is 0 Å². The van der Waals surface area contributed by atoms with Crippen molar-refractivity contribution in [2.45, 2.75) is 18.4 Å². The number of hydrogen-bond acceptors (Lipinski definition) is 4. The number of benzene rings is 1. The second-order valence-corrected chi connectivity index (χ2v) is 7.23. The zero-order valence-corrected chi connectivity index (χ0v) is 10.9. The van der Waals surface area contributed by atoms with E-state index in [1.165, 1.54) is 5.56 Å². The first-order valence-corrected chi connectivity index (χ1v) is 8.12. The van der Waals surface area contributed by atoms with Gasteiger partial charge in [-0.05, 0) is 36.6 Å². The van der Waals surface area contributed by atoms with E-state index in [0.29, 0.717) is 5.92 Å². The van der Waals surface area contributed by atoms with E-state index in [1.54, 1.807) is 0 Å². The van der Waals surface area contributed by atoms with Crippen LogP contribution in [0.3, 0.4) is 0 Å². The van der Waals surface area contributed by atoms with Crippen LogP contribution in [-0.4, -0.2) is 39.1 Å². The van der Waals surface area contributed by atoms with Crippen LogP contribution in [-0.2, 0) is 9.84 Å². The molecule has 1 aromatic carbocycles. The molecule has 0 bridgehead atoms. The summed E-state index contributed by atoms with van der Waals surface area (Å²) in [6.45, 7) is 2.08. The first kappa shape index (κ1) is 12.0. The van der Waals surface area contributed by atoms with Crippen molar-refractivity contribution in [2.24, 2.45) is 0 Å². The third kappa shape index (κ3) is 2.52. The summed E-state index contributed by atoms with van der Waals surface area (Å²) in [6.07, 6.45) is 0.994. The highest BCUT2D eigenvalue weighted by Gasteiger charge is 2.35. The van der Waals surface area contributed by atoms with E-state index in [0.717, 1.165) is 25.3 Å². The van der Waals surface area contributed by atoms with Gasteiger partial charge in [-0.3, -0.25) is 0 Å². The Kier molecular flexibility index (Phi) is 3.03. The number of hydrogen-bond donors (Lipinski definition) is 1. The molecule has 18 heavy (non-hydrogen) atoms. The van der Waals surface area contributed by atoms with Gasteiger partial charge in [0.1, 0.15) is 11.9 Å². The third-order valence-electron chi connectivity index (χ3n) is 3.57. The summed E-state index contributed by atoms with van der Waals surface area (Å²) < 4.78 is 27.8.